The Kier molecular flexibility index (Phi) is 4.34. The Morgan fingerprint density at radius 2 is 1.57 bits per heavy atom. The van der Waals surface area contributed by atoms with Crippen molar-refractivity contribution in [3.05, 3.63) is 11.8 Å². The number of amides is 1. The van der Waals surface area contributed by atoms with E-state index >= 15 is 0 Å². The summed E-state index contributed by atoms with van der Waals surface area (Å²) in [6.45, 7) is 10.4. The molecule has 6 rings (SSSR count). The second kappa shape index (κ2) is 6.54. The molecule has 154 valence electrons. The number of hydrogen-bond acceptors (Lipinski definition) is 5. The van der Waals surface area contributed by atoms with Gasteiger partial charge in [0.15, 0.2) is 0 Å². The molecule has 28 heavy (non-hydrogen) atoms. The zero-order valence-electron chi connectivity index (χ0n) is 17.6. The molecule has 0 unspecified atom stereocenters. The highest BCUT2D eigenvalue weighted by atomic mass is 16.4. The van der Waals surface area contributed by atoms with Gasteiger partial charge in [-0.1, -0.05) is 20.8 Å². The van der Waals surface area contributed by atoms with Crippen LogP contribution >= 0.6 is 0 Å². The molecule has 1 aliphatic heterocycles. The molecule has 6 heteroatoms. The first-order valence-corrected chi connectivity index (χ1v) is 11.2. The third kappa shape index (κ3) is 3.27. The van der Waals surface area contributed by atoms with Crippen LogP contribution in [0.1, 0.15) is 71.1 Å². The topological polar surface area (TPSA) is 62.5 Å². The lowest BCUT2D eigenvalue weighted by molar-refractivity contribution is -0.159. The maximum Gasteiger partial charge on any atom is 0.230 e. The Labute approximate surface area is 168 Å². The van der Waals surface area contributed by atoms with Crippen LogP contribution in [0.2, 0.25) is 0 Å². The largest absolute Gasteiger partial charge is 0.423 e. The minimum Gasteiger partial charge on any atom is -0.423 e. The van der Waals surface area contributed by atoms with Crippen molar-refractivity contribution in [2.45, 2.75) is 71.3 Å². The molecule has 4 aliphatic carbocycles. The molecule has 0 spiro atoms. The second-order valence-corrected chi connectivity index (χ2v) is 11.0. The Bertz CT molecular complexity index is 707. The molecule has 1 amide bonds. The molecule has 4 bridgehead atoms. The summed E-state index contributed by atoms with van der Waals surface area (Å²) in [5.74, 6) is 4.33. The maximum absolute atomic E-state index is 13.5. The number of aromatic nitrogens is 2. The van der Waals surface area contributed by atoms with Crippen LogP contribution in [-0.4, -0.2) is 52.1 Å². The fourth-order valence-electron chi connectivity index (χ4n) is 6.63. The van der Waals surface area contributed by atoms with Crippen molar-refractivity contribution < 1.29 is 9.21 Å². The highest BCUT2D eigenvalue weighted by molar-refractivity contribution is 5.83. The fraction of sp³-hybridized carbons (Fsp3) is 0.864. The van der Waals surface area contributed by atoms with E-state index in [-0.39, 0.29) is 10.8 Å². The first-order valence-electron chi connectivity index (χ1n) is 11.2. The average Bonchev–Trinajstić information content (AvgIpc) is 3.10. The van der Waals surface area contributed by atoms with Crippen LogP contribution in [0.25, 0.3) is 0 Å². The molecule has 5 aliphatic rings. The summed E-state index contributed by atoms with van der Waals surface area (Å²) in [5.41, 5.74) is -0.126. The van der Waals surface area contributed by atoms with Gasteiger partial charge in [-0.15, -0.1) is 10.2 Å². The lowest BCUT2D eigenvalue weighted by Gasteiger charge is -2.57. The van der Waals surface area contributed by atoms with Gasteiger partial charge < -0.3 is 9.32 Å². The Morgan fingerprint density at radius 3 is 2.07 bits per heavy atom. The van der Waals surface area contributed by atoms with E-state index in [1.165, 1.54) is 19.3 Å². The first-order chi connectivity index (χ1) is 13.3. The van der Waals surface area contributed by atoms with Gasteiger partial charge in [0.2, 0.25) is 17.7 Å². The van der Waals surface area contributed by atoms with Crippen molar-refractivity contribution >= 4 is 5.91 Å². The van der Waals surface area contributed by atoms with E-state index in [4.69, 9.17) is 4.42 Å². The summed E-state index contributed by atoms with van der Waals surface area (Å²) >= 11 is 0. The number of hydrogen-bond donors (Lipinski definition) is 0. The van der Waals surface area contributed by atoms with E-state index in [0.717, 1.165) is 63.2 Å². The average molecular weight is 387 g/mol. The smallest absolute Gasteiger partial charge is 0.230 e. The third-order valence-corrected chi connectivity index (χ3v) is 7.62. The molecular formula is C22H34N4O2. The van der Waals surface area contributed by atoms with E-state index in [0.29, 0.717) is 24.2 Å². The number of carbonyl (C=O) groups excluding carboxylic acids is 1. The fourth-order valence-corrected chi connectivity index (χ4v) is 6.63. The van der Waals surface area contributed by atoms with E-state index in [1.54, 1.807) is 0 Å². The minimum absolute atomic E-state index is 0.00891. The van der Waals surface area contributed by atoms with Gasteiger partial charge in [-0.05, 0) is 56.3 Å². The van der Waals surface area contributed by atoms with Crippen molar-refractivity contribution in [2.24, 2.45) is 23.2 Å². The van der Waals surface area contributed by atoms with Gasteiger partial charge in [-0.3, -0.25) is 9.69 Å². The molecule has 0 radical (unpaired) electrons. The molecular weight excluding hydrogens is 352 g/mol. The third-order valence-electron chi connectivity index (χ3n) is 7.62. The number of carbonyl (C=O) groups is 1. The van der Waals surface area contributed by atoms with E-state index in [1.807, 2.05) is 0 Å². The van der Waals surface area contributed by atoms with E-state index in [9.17, 15) is 4.79 Å². The quantitative estimate of drug-likeness (QED) is 0.798. The summed E-state index contributed by atoms with van der Waals surface area (Å²) in [4.78, 5) is 18.0. The predicted molar refractivity (Wildman–Crippen MR) is 105 cm³/mol. The summed E-state index contributed by atoms with van der Waals surface area (Å²) in [6.07, 6.45) is 7.66. The van der Waals surface area contributed by atoms with Gasteiger partial charge in [0.25, 0.3) is 0 Å². The molecule has 1 saturated heterocycles. The SMILES string of the molecule is CC(C)(C)c1nnc(CN2CCN(C(=O)C34CC5CC(CC(C5)C3)C4)CC2)o1. The normalized spacial score (nSPS) is 35.5. The molecule has 5 fully saturated rings. The summed E-state index contributed by atoms with van der Waals surface area (Å²) in [5, 5.41) is 8.41. The van der Waals surface area contributed by atoms with Crippen molar-refractivity contribution in [1.29, 1.82) is 0 Å². The molecule has 2 heterocycles. The molecule has 0 aromatic carbocycles. The molecule has 0 atom stereocenters. The van der Waals surface area contributed by atoms with Crippen LogP contribution in [0, 0.1) is 23.2 Å². The van der Waals surface area contributed by atoms with Crippen LogP contribution in [-0.2, 0) is 16.8 Å². The zero-order chi connectivity index (χ0) is 19.5. The first kappa shape index (κ1) is 18.6. The van der Waals surface area contributed by atoms with Crippen molar-refractivity contribution in [3.8, 4) is 0 Å². The monoisotopic (exact) mass is 386 g/mol. The van der Waals surface area contributed by atoms with Crippen LogP contribution in [0.15, 0.2) is 4.42 Å². The Hall–Kier alpha value is -1.43. The number of rotatable bonds is 3. The van der Waals surface area contributed by atoms with Gasteiger partial charge in [0, 0.05) is 31.6 Å². The van der Waals surface area contributed by atoms with Crippen LogP contribution in [0.4, 0.5) is 0 Å². The molecule has 4 saturated carbocycles. The molecule has 0 N–H and O–H groups in total. The highest BCUT2D eigenvalue weighted by Gasteiger charge is 2.55. The molecule has 6 nitrogen and oxygen atoms in total. The number of piperazine rings is 1. The van der Waals surface area contributed by atoms with Crippen LogP contribution in [0.5, 0.6) is 0 Å². The summed E-state index contributed by atoms with van der Waals surface area (Å²) < 4.78 is 5.85. The Balaban J connectivity index is 1.18. The van der Waals surface area contributed by atoms with Crippen molar-refractivity contribution in [2.75, 3.05) is 26.2 Å². The lowest BCUT2D eigenvalue weighted by Crippen LogP contribution is -2.58. The van der Waals surface area contributed by atoms with Gasteiger partial charge in [0.05, 0.1) is 12.0 Å². The van der Waals surface area contributed by atoms with Crippen molar-refractivity contribution in [1.82, 2.24) is 20.0 Å². The maximum atomic E-state index is 13.5. The number of nitrogens with zero attached hydrogens (tertiary/aromatic N) is 4. The minimum atomic E-state index is -0.117. The van der Waals surface area contributed by atoms with E-state index in [2.05, 4.69) is 40.8 Å². The summed E-state index contributed by atoms with van der Waals surface area (Å²) in [6, 6.07) is 0. The van der Waals surface area contributed by atoms with Crippen LogP contribution < -0.4 is 0 Å². The van der Waals surface area contributed by atoms with Gasteiger partial charge in [-0.25, -0.2) is 0 Å². The predicted octanol–water partition coefficient (Wildman–Crippen LogP) is 3.23. The highest BCUT2D eigenvalue weighted by Crippen LogP contribution is 2.60. The van der Waals surface area contributed by atoms with Gasteiger partial charge >= 0.3 is 0 Å². The van der Waals surface area contributed by atoms with Crippen molar-refractivity contribution in [3.63, 3.8) is 0 Å². The van der Waals surface area contributed by atoms with E-state index < -0.39 is 0 Å². The molecule has 1 aromatic rings. The Morgan fingerprint density at radius 1 is 1.00 bits per heavy atom. The molecule has 1 aromatic heterocycles. The second-order valence-electron chi connectivity index (χ2n) is 11.0. The zero-order valence-corrected chi connectivity index (χ0v) is 17.6. The van der Waals surface area contributed by atoms with Gasteiger partial charge in [0.1, 0.15) is 0 Å². The van der Waals surface area contributed by atoms with Crippen LogP contribution in [0.3, 0.4) is 0 Å². The standard InChI is InChI=1S/C22H34N4O2/c1-21(2,3)19-24-23-18(28-19)14-25-4-6-26(7-5-25)20(27)22-11-15-8-16(12-22)10-17(9-15)13-22/h15-17H,4-14H2,1-3H3. The van der Waals surface area contributed by atoms with Gasteiger partial charge in [-0.2, -0.15) is 0 Å². The lowest BCUT2D eigenvalue weighted by atomic mass is 9.49. The summed E-state index contributed by atoms with van der Waals surface area (Å²) in [7, 11) is 0.